The first-order valence-electron chi connectivity index (χ1n) is 7.96. The van der Waals surface area contributed by atoms with Gasteiger partial charge in [0.1, 0.15) is 0 Å². The summed E-state index contributed by atoms with van der Waals surface area (Å²) in [4.78, 5) is 15.9. The Morgan fingerprint density at radius 2 is 1.77 bits per heavy atom. The Balaban J connectivity index is 0.00000441. The Kier molecular flexibility index (Phi) is 13.7. The fourth-order valence-electron chi connectivity index (χ4n) is 2.58. The lowest BCUT2D eigenvalue weighted by Gasteiger charge is -2.13. The molecule has 0 unspecified atom stereocenters. The fraction of sp³-hybridized carbons (Fsp3) is 0.867. The zero-order valence-corrected chi connectivity index (χ0v) is 16.2. The van der Waals surface area contributed by atoms with Gasteiger partial charge in [-0.3, -0.25) is 9.79 Å². The molecule has 1 amide bonds. The van der Waals surface area contributed by atoms with E-state index in [4.69, 9.17) is 4.74 Å². The van der Waals surface area contributed by atoms with Gasteiger partial charge < -0.3 is 20.7 Å². The topological polar surface area (TPSA) is 74.8 Å². The minimum atomic E-state index is 0. The van der Waals surface area contributed by atoms with Crippen molar-refractivity contribution in [1.82, 2.24) is 16.0 Å². The van der Waals surface area contributed by atoms with E-state index in [0.29, 0.717) is 25.4 Å². The normalized spacial score (nSPS) is 15.3. The maximum atomic E-state index is 11.8. The van der Waals surface area contributed by atoms with Crippen molar-refractivity contribution in [2.45, 2.75) is 38.5 Å². The minimum absolute atomic E-state index is 0. The van der Waals surface area contributed by atoms with E-state index >= 15 is 0 Å². The Bertz CT molecular complexity index is 321. The van der Waals surface area contributed by atoms with Crippen molar-refractivity contribution in [1.29, 1.82) is 0 Å². The van der Waals surface area contributed by atoms with E-state index < -0.39 is 0 Å². The molecule has 0 aliphatic heterocycles. The molecule has 7 heteroatoms. The second kappa shape index (κ2) is 14.0. The van der Waals surface area contributed by atoms with E-state index in [1.165, 1.54) is 25.7 Å². The molecule has 130 valence electrons. The molecule has 1 aliphatic rings. The molecule has 3 N–H and O–H groups in total. The summed E-state index contributed by atoms with van der Waals surface area (Å²) in [6, 6.07) is 0. The Hall–Kier alpha value is -0.570. The third kappa shape index (κ3) is 10.2. The predicted molar refractivity (Wildman–Crippen MR) is 101 cm³/mol. The molecular formula is C15H31IN4O2. The van der Waals surface area contributed by atoms with Crippen LogP contribution in [0.4, 0.5) is 0 Å². The standard InChI is InChI=1S/C15H30N4O2.HI/c1-16-15(18-8-5-11-21-2)19-10-9-17-14(20)12-13-6-3-4-7-13;/h13H,3-12H2,1-2H3,(H,17,20)(H2,16,18,19);1H. The molecule has 22 heavy (non-hydrogen) atoms. The third-order valence-electron chi connectivity index (χ3n) is 3.73. The largest absolute Gasteiger partial charge is 0.385 e. The van der Waals surface area contributed by atoms with Crippen LogP contribution in [0.15, 0.2) is 4.99 Å². The smallest absolute Gasteiger partial charge is 0.220 e. The number of guanidine groups is 1. The van der Waals surface area contributed by atoms with E-state index in [9.17, 15) is 4.79 Å². The highest BCUT2D eigenvalue weighted by Gasteiger charge is 2.17. The summed E-state index contributed by atoms with van der Waals surface area (Å²) in [6.07, 6.45) is 6.61. The lowest BCUT2D eigenvalue weighted by Crippen LogP contribution is -2.42. The number of amides is 1. The number of rotatable bonds is 9. The van der Waals surface area contributed by atoms with Crippen LogP contribution in [0.2, 0.25) is 0 Å². The molecular weight excluding hydrogens is 395 g/mol. The number of carbonyl (C=O) groups excluding carboxylic acids is 1. The number of methoxy groups -OCH3 is 1. The average Bonchev–Trinajstić information content (AvgIpc) is 2.98. The summed E-state index contributed by atoms with van der Waals surface area (Å²) in [5, 5.41) is 9.34. The summed E-state index contributed by atoms with van der Waals surface area (Å²) >= 11 is 0. The van der Waals surface area contributed by atoms with Crippen molar-refractivity contribution in [2.24, 2.45) is 10.9 Å². The molecule has 0 bridgehead atoms. The van der Waals surface area contributed by atoms with Crippen LogP contribution in [0.5, 0.6) is 0 Å². The van der Waals surface area contributed by atoms with Gasteiger partial charge in [-0.25, -0.2) is 0 Å². The monoisotopic (exact) mass is 426 g/mol. The van der Waals surface area contributed by atoms with E-state index in [-0.39, 0.29) is 29.9 Å². The van der Waals surface area contributed by atoms with Crippen molar-refractivity contribution in [3.05, 3.63) is 0 Å². The molecule has 1 fully saturated rings. The number of carbonyl (C=O) groups is 1. The van der Waals surface area contributed by atoms with E-state index in [1.807, 2.05) is 0 Å². The van der Waals surface area contributed by atoms with Crippen LogP contribution in [-0.2, 0) is 9.53 Å². The fourth-order valence-corrected chi connectivity index (χ4v) is 2.58. The number of nitrogens with zero attached hydrogens (tertiary/aromatic N) is 1. The summed E-state index contributed by atoms with van der Waals surface area (Å²) in [7, 11) is 3.44. The summed E-state index contributed by atoms with van der Waals surface area (Å²) in [5.74, 6) is 1.54. The van der Waals surface area contributed by atoms with Crippen molar-refractivity contribution in [2.75, 3.05) is 40.4 Å². The van der Waals surface area contributed by atoms with Gasteiger partial charge in [0.15, 0.2) is 5.96 Å². The van der Waals surface area contributed by atoms with E-state index in [0.717, 1.165) is 25.5 Å². The number of ether oxygens (including phenoxy) is 1. The lowest BCUT2D eigenvalue weighted by molar-refractivity contribution is -0.121. The van der Waals surface area contributed by atoms with Gasteiger partial charge in [-0.2, -0.15) is 0 Å². The molecule has 0 heterocycles. The molecule has 0 spiro atoms. The summed E-state index contributed by atoms with van der Waals surface area (Å²) in [6.45, 7) is 2.87. The molecule has 6 nitrogen and oxygen atoms in total. The maximum Gasteiger partial charge on any atom is 0.220 e. The van der Waals surface area contributed by atoms with Gasteiger partial charge in [-0.1, -0.05) is 12.8 Å². The van der Waals surface area contributed by atoms with Gasteiger partial charge >= 0.3 is 0 Å². The van der Waals surface area contributed by atoms with Crippen LogP contribution >= 0.6 is 24.0 Å². The minimum Gasteiger partial charge on any atom is -0.385 e. The quantitative estimate of drug-likeness (QED) is 0.226. The molecule has 1 saturated carbocycles. The van der Waals surface area contributed by atoms with Crippen LogP contribution < -0.4 is 16.0 Å². The first-order chi connectivity index (χ1) is 10.3. The molecule has 0 atom stereocenters. The van der Waals surface area contributed by atoms with E-state index in [2.05, 4.69) is 20.9 Å². The Labute approximate surface area is 151 Å². The molecule has 0 aromatic rings. The zero-order valence-electron chi connectivity index (χ0n) is 13.8. The summed E-state index contributed by atoms with van der Waals surface area (Å²) in [5.41, 5.74) is 0. The van der Waals surface area contributed by atoms with Gasteiger partial charge in [0.05, 0.1) is 0 Å². The second-order valence-electron chi connectivity index (χ2n) is 5.48. The van der Waals surface area contributed by atoms with Crippen molar-refractivity contribution >= 4 is 35.8 Å². The van der Waals surface area contributed by atoms with Crippen molar-refractivity contribution in [3.63, 3.8) is 0 Å². The van der Waals surface area contributed by atoms with Gasteiger partial charge in [0, 0.05) is 46.8 Å². The number of nitrogens with one attached hydrogen (secondary N) is 3. The number of halogens is 1. The van der Waals surface area contributed by atoms with Gasteiger partial charge in [0.2, 0.25) is 5.91 Å². The number of hydrogen-bond acceptors (Lipinski definition) is 3. The SMILES string of the molecule is CN=C(NCCCOC)NCCNC(=O)CC1CCCC1.I. The second-order valence-corrected chi connectivity index (χ2v) is 5.48. The number of hydrogen-bond donors (Lipinski definition) is 3. The number of aliphatic imine (C=N–C) groups is 1. The van der Waals surface area contributed by atoms with Crippen molar-refractivity contribution in [3.8, 4) is 0 Å². The Morgan fingerprint density at radius 3 is 2.41 bits per heavy atom. The highest BCUT2D eigenvalue weighted by atomic mass is 127. The first-order valence-corrected chi connectivity index (χ1v) is 7.96. The van der Waals surface area contributed by atoms with Crippen LogP contribution in [0, 0.1) is 5.92 Å². The van der Waals surface area contributed by atoms with Crippen LogP contribution in [-0.4, -0.2) is 52.3 Å². The highest BCUT2D eigenvalue weighted by Crippen LogP contribution is 2.27. The van der Waals surface area contributed by atoms with Crippen molar-refractivity contribution < 1.29 is 9.53 Å². The average molecular weight is 426 g/mol. The molecule has 0 aromatic heterocycles. The highest BCUT2D eigenvalue weighted by molar-refractivity contribution is 14.0. The summed E-state index contributed by atoms with van der Waals surface area (Å²) < 4.78 is 4.99. The third-order valence-corrected chi connectivity index (χ3v) is 3.73. The maximum absolute atomic E-state index is 11.8. The van der Waals surface area contributed by atoms with E-state index in [1.54, 1.807) is 14.2 Å². The molecule has 0 aromatic carbocycles. The van der Waals surface area contributed by atoms with Gasteiger partial charge in [-0.15, -0.1) is 24.0 Å². The Morgan fingerprint density at radius 1 is 1.14 bits per heavy atom. The molecule has 1 rings (SSSR count). The molecule has 0 radical (unpaired) electrons. The predicted octanol–water partition coefficient (Wildman–Crippen LogP) is 1.50. The van der Waals surface area contributed by atoms with Gasteiger partial charge in [0.25, 0.3) is 0 Å². The zero-order chi connectivity index (χ0) is 15.3. The molecule has 0 saturated heterocycles. The van der Waals surface area contributed by atoms with Crippen LogP contribution in [0.25, 0.3) is 0 Å². The molecule has 1 aliphatic carbocycles. The van der Waals surface area contributed by atoms with Gasteiger partial charge in [-0.05, 0) is 25.2 Å². The van der Waals surface area contributed by atoms with Crippen LogP contribution in [0.1, 0.15) is 38.5 Å². The first kappa shape index (κ1) is 21.4. The van der Waals surface area contributed by atoms with Crippen LogP contribution in [0.3, 0.4) is 0 Å². The lowest BCUT2D eigenvalue weighted by atomic mass is 10.0.